The van der Waals surface area contributed by atoms with Crippen molar-refractivity contribution in [1.82, 2.24) is 4.98 Å². The van der Waals surface area contributed by atoms with Crippen LogP contribution in [0.25, 0.3) is 10.2 Å². The number of hydrogen-bond donors (Lipinski definition) is 0. The molecule has 0 saturated carbocycles. The van der Waals surface area contributed by atoms with E-state index in [2.05, 4.69) is 4.98 Å². The smallest absolute Gasteiger partial charge is 0.338 e. The first-order valence-electron chi connectivity index (χ1n) is 4.54. The number of esters is 1. The minimum atomic E-state index is -0.566. The van der Waals surface area contributed by atoms with E-state index in [1.165, 1.54) is 6.07 Å². The molecule has 3 nitrogen and oxygen atoms in total. The van der Waals surface area contributed by atoms with Gasteiger partial charge in [-0.2, -0.15) is 0 Å². The number of benzene rings is 1. The Morgan fingerprint density at radius 3 is 3.06 bits per heavy atom. The molecule has 0 atom stereocenters. The molecule has 0 bridgehead atoms. The van der Waals surface area contributed by atoms with Crippen molar-refractivity contribution in [2.45, 2.75) is 6.92 Å². The third-order valence-electron chi connectivity index (χ3n) is 1.93. The summed E-state index contributed by atoms with van der Waals surface area (Å²) in [7, 11) is 0. The molecular formula is C10H7ClFNO2S. The first-order valence-corrected chi connectivity index (χ1v) is 5.74. The van der Waals surface area contributed by atoms with Crippen LogP contribution in [0.2, 0.25) is 4.47 Å². The third-order valence-corrected chi connectivity index (χ3v) is 3.04. The van der Waals surface area contributed by atoms with Crippen molar-refractivity contribution >= 4 is 39.1 Å². The molecular weight excluding hydrogens is 253 g/mol. The fourth-order valence-corrected chi connectivity index (χ4v) is 2.37. The van der Waals surface area contributed by atoms with E-state index in [9.17, 15) is 9.18 Å². The van der Waals surface area contributed by atoms with Gasteiger partial charge in [-0.05, 0) is 19.1 Å². The predicted octanol–water partition coefficient (Wildman–Crippen LogP) is 3.27. The number of fused-ring (bicyclic) bond motifs is 1. The standard InChI is InChI=1S/C10H7ClFNO2S/c1-2-15-9(14)5-3-6(12)8-7(4-5)16-10(11)13-8/h3-4H,2H2,1H3. The van der Waals surface area contributed by atoms with E-state index in [1.54, 1.807) is 6.92 Å². The van der Waals surface area contributed by atoms with Gasteiger partial charge in [0.05, 0.1) is 16.9 Å². The number of aromatic nitrogens is 1. The van der Waals surface area contributed by atoms with Gasteiger partial charge in [-0.15, -0.1) is 11.3 Å². The average Bonchev–Trinajstić information content (AvgIpc) is 2.59. The van der Waals surface area contributed by atoms with Crippen molar-refractivity contribution in [2.75, 3.05) is 6.61 Å². The fourth-order valence-electron chi connectivity index (χ4n) is 1.29. The summed E-state index contributed by atoms with van der Waals surface area (Å²) in [5.74, 6) is -1.11. The van der Waals surface area contributed by atoms with Gasteiger partial charge >= 0.3 is 5.97 Å². The van der Waals surface area contributed by atoms with Crippen LogP contribution >= 0.6 is 22.9 Å². The molecule has 0 saturated heterocycles. The molecule has 6 heteroatoms. The van der Waals surface area contributed by atoms with Crippen molar-refractivity contribution < 1.29 is 13.9 Å². The van der Waals surface area contributed by atoms with Gasteiger partial charge in [-0.25, -0.2) is 14.2 Å². The molecule has 1 aromatic carbocycles. The van der Waals surface area contributed by atoms with Crippen LogP contribution in [0.15, 0.2) is 12.1 Å². The van der Waals surface area contributed by atoms with Crippen LogP contribution in [0.1, 0.15) is 17.3 Å². The monoisotopic (exact) mass is 259 g/mol. The molecule has 0 aliphatic rings. The highest BCUT2D eigenvalue weighted by atomic mass is 35.5. The van der Waals surface area contributed by atoms with Crippen molar-refractivity contribution in [3.63, 3.8) is 0 Å². The molecule has 84 valence electrons. The number of hydrogen-bond acceptors (Lipinski definition) is 4. The van der Waals surface area contributed by atoms with Gasteiger partial charge < -0.3 is 4.74 Å². The summed E-state index contributed by atoms with van der Waals surface area (Å²) in [5, 5.41) is 0. The van der Waals surface area contributed by atoms with Crippen LogP contribution in [-0.4, -0.2) is 17.6 Å². The van der Waals surface area contributed by atoms with Gasteiger partial charge in [0.15, 0.2) is 10.3 Å². The topological polar surface area (TPSA) is 39.2 Å². The van der Waals surface area contributed by atoms with Gasteiger partial charge in [-0.1, -0.05) is 11.6 Å². The van der Waals surface area contributed by atoms with Crippen LogP contribution in [0.5, 0.6) is 0 Å². The zero-order valence-electron chi connectivity index (χ0n) is 8.29. The zero-order valence-corrected chi connectivity index (χ0v) is 9.86. The minimum absolute atomic E-state index is 0.173. The van der Waals surface area contributed by atoms with E-state index >= 15 is 0 Å². The number of rotatable bonds is 2. The maximum absolute atomic E-state index is 13.5. The van der Waals surface area contributed by atoms with Gasteiger partial charge in [-0.3, -0.25) is 0 Å². The van der Waals surface area contributed by atoms with Gasteiger partial charge in [0.1, 0.15) is 5.52 Å². The first kappa shape index (κ1) is 11.3. The fraction of sp³-hybridized carbons (Fsp3) is 0.200. The summed E-state index contributed by atoms with van der Waals surface area (Å²) in [4.78, 5) is 15.2. The minimum Gasteiger partial charge on any atom is -0.462 e. The third kappa shape index (κ3) is 2.01. The largest absolute Gasteiger partial charge is 0.462 e. The highest BCUT2D eigenvalue weighted by Gasteiger charge is 2.14. The molecule has 1 aromatic heterocycles. The van der Waals surface area contributed by atoms with Gasteiger partial charge in [0.25, 0.3) is 0 Å². The molecule has 0 aliphatic heterocycles. The molecule has 2 rings (SSSR count). The van der Waals surface area contributed by atoms with E-state index in [-0.39, 0.29) is 22.2 Å². The Bertz CT molecular complexity index is 555. The molecule has 16 heavy (non-hydrogen) atoms. The highest BCUT2D eigenvalue weighted by molar-refractivity contribution is 7.22. The van der Waals surface area contributed by atoms with Crippen molar-refractivity contribution in [2.24, 2.45) is 0 Å². The second kappa shape index (κ2) is 4.35. The number of halogens is 2. The Kier molecular flexibility index (Phi) is 3.07. The van der Waals surface area contributed by atoms with Crippen LogP contribution in [0, 0.1) is 5.82 Å². The molecule has 0 amide bonds. The molecule has 0 fully saturated rings. The second-order valence-electron chi connectivity index (χ2n) is 2.99. The Labute approximate surface area is 99.8 Å². The molecule has 0 N–H and O–H groups in total. The maximum Gasteiger partial charge on any atom is 0.338 e. The molecule has 0 spiro atoms. The van der Waals surface area contributed by atoms with Crippen LogP contribution in [0.3, 0.4) is 0 Å². The summed E-state index contributed by atoms with van der Waals surface area (Å²) in [6.07, 6.45) is 0. The average molecular weight is 260 g/mol. The second-order valence-corrected chi connectivity index (χ2v) is 4.60. The van der Waals surface area contributed by atoms with E-state index in [4.69, 9.17) is 16.3 Å². The number of thiazole rings is 1. The Hall–Kier alpha value is -1.20. The summed E-state index contributed by atoms with van der Waals surface area (Å²) in [6.45, 7) is 1.94. The summed E-state index contributed by atoms with van der Waals surface area (Å²) in [6, 6.07) is 2.64. The Balaban J connectivity index is 2.53. The van der Waals surface area contributed by atoms with Crippen LogP contribution in [0.4, 0.5) is 4.39 Å². The maximum atomic E-state index is 13.5. The molecule has 2 aromatic rings. The molecule has 0 radical (unpaired) electrons. The lowest BCUT2D eigenvalue weighted by Gasteiger charge is -2.01. The quantitative estimate of drug-likeness (QED) is 0.777. The van der Waals surface area contributed by atoms with E-state index in [0.29, 0.717) is 4.70 Å². The highest BCUT2D eigenvalue weighted by Crippen LogP contribution is 2.28. The number of carbonyl (C=O) groups excluding carboxylic acids is 1. The van der Waals surface area contributed by atoms with E-state index < -0.39 is 11.8 Å². The molecule has 1 heterocycles. The van der Waals surface area contributed by atoms with Crippen LogP contribution < -0.4 is 0 Å². The van der Waals surface area contributed by atoms with Gasteiger partial charge in [0.2, 0.25) is 0 Å². The van der Waals surface area contributed by atoms with E-state index in [1.807, 2.05) is 0 Å². The van der Waals surface area contributed by atoms with Crippen molar-refractivity contribution in [1.29, 1.82) is 0 Å². The first-order chi connectivity index (χ1) is 7.61. The van der Waals surface area contributed by atoms with Crippen molar-refractivity contribution in [3.05, 3.63) is 28.0 Å². The number of ether oxygens (including phenoxy) is 1. The molecule has 0 unspecified atom stereocenters. The normalized spacial score (nSPS) is 10.7. The van der Waals surface area contributed by atoms with E-state index in [0.717, 1.165) is 17.4 Å². The lowest BCUT2D eigenvalue weighted by atomic mass is 10.2. The summed E-state index contributed by atoms with van der Waals surface area (Å²) in [5.41, 5.74) is 0.357. The Morgan fingerprint density at radius 1 is 1.62 bits per heavy atom. The SMILES string of the molecule is CCOC(=O)c1cc(F)c2nc(Cl)sc2c1. The molecule has 0 aliphatic carbocycles. The number of carbonyl (C=O) groups is 1. The zero-order chi connectivity index (χ0) is 11.7. The summed E-state index contributed by atoms with van der Waals surface area (Å²) >= 11 is 6.80. The van der Waals surface area contributed by atoms with Gasteiger partial charge in [0, 0.05) is 0 Å². The lowest BCUT2D eigenvalue weighted by molar-refractivity contribution is 0.0526. The van der Waals surface area contributed by atoms with Crippen molar-refractivity contribution in [3.8, 4) is 0 Å². The Morgan fingerprint density at radius 2 is 2.38 bits per heavy atom. The predicted molar refractivity (Wildman–Crippen MR) is 60.5 cm³/mol. The van der Waals surface area contributed by atoms with Crippen LogP contribution in [-0.2, 0) is 4.74 Å². The lowest BCUT2D eigenvalue weighted by Crippen LogP contribution is -2.04. The number of nitrogens with zero attached hydrogens (tertiary/aromatic N) is 1. The summed E-state index contributed by atoms with van der Waals surface area (Å²) < 4.78 is 19.1.